The normalized spacial score (nSPS) is 18.9. The van der Waals surface area contributed by atoms with Crippen LogP contribution in [0.2, 0.25) is 0 Å². The number of carbonyl (C=O) groups is 5. The van der Waals surface area contributed by atoms with Crippen molar-refractivity contribution in [1.29, 1.82) is 0 Å². The molecule has 4 aromatic rings. The van der Waals surface area contributed by atoms with E-state index >= 15 is 0 Å². The monoisotopic (exact) mass is 2040 g/mol. The van der Waals surface area contributed by atoms with Crippen molar-refractivity contribution in [2.24, 2.45) is 17.8 Å². The molecule has 0 aliphatic carbocycles. The molecule has 2 fully saturated rings. The first-order valence-electron chi connectivity index (χ1n) is 59.1. The molecule has 16 atom stereocenters. The summed E-state index contributed by atoms with van der Waals surface area (Å²) in [6, 6.07) is 39.2. The maximum atomic E-state index is 14.3. The van der Waals surface area contributed by atoms with Crippen LogP contribution in [0.25, 0.3) is 0 Å². The fourth-order valence-electron chi connectivity index (χ4n) is 18.5. The molecule has 0 saturated carbocycles. The van der Waals surface area contributed by atoms with E-state index in [2.05, 4.69) is 118 Å². The van der Waals surface area contributed by atoms with Crippen molar-refractivity contribution in [3.05, 3.63) is 144 Å². The molecule has 0 spiro atoms. The molecule has 834 valence electrons. The number of aliphatic hydroxyl groups is 6. The van der Waals surface area contributed by atoms with Crippen LogP contribution in [0.3, 0.4) is 0 Å². The summed E-state index contributed by atoms with van der Waals surface area (Å²) in [5, 5.41) is 82.6. The maximum absolute atomic E-state index is 14.3. The number of nitrogens with one attached hydrogen (secondary N) is 4. The Morgan fingerprint density at radius 3 is 1.17 bits per heavy atom. The van der Waals surface area contributed by atoms with Gasteiger partial charge in [-0.05, 0) is 85.5 Å². The highest BCUT2D eigenvalue weighted by atomic mass is 16.7. The van der Waals surface area contributed by atoms with Crippen LogP contribution < -0.4 is 21.3 Å². The van der Waals surface area contributed by atoms with Crippen molar-refractivity contribution < 1.29 is 100 Å². The van der Waals surface area contributed by atoms with Gasteiger partial charge in [0.2, 0.25) is 17.7 Å². The summed E-state index contributed by atoms with van der Waals surface area (Å²) in [5.41, 5.74) is 4.29. The molecule has 145 heavy (non-hydrogen) atoms. The zero-order valence-corrected chi connectivity index (χ0v) is 92.1. The van der Waals surface area contributed by atoms with Gasteiger partial charge in [-0.2, -0.15) is 0 Å². The van der Waals surface area contributed by atoms with Gasteiger partial charge in [-0.3, -0.25) is 19.2 Å². The fraction of sp³-hybridized carbons (Fsp3) is 0.760. The second-order valence-corrected chi connectivity index (χ2v) is 40.6. The summed E-state index contributed by atoms with van der Waals surface area (Å²) in [4.78, 5) is 61.1. The molecule has 24 heteroatoms. The van der Waals surface area contributed by atoms with Gasteiger partial charge in [0.25, 0.3) is 0 Å². The van der Waals surface area contributed by atoms with Crippen LogP contribution in [0, 0.1) is 17.8 Å². The van der Waals surface area contributed by atoms with Crippen LogP contribution in [0.1, 0.15) is 454 Å². The highest BCUT2D eigenvalue weighted by Crippen LogP contribution is 2.37. The predicted octanol–water partition coefficient (Wildman–Crippen LogP) is 26.2. The van der Waals surface area contributed by atoms with Crippen LogP contribution in [0.4, 0.5) is 4.79 Å². The quantitative estimate of drug-likeness (QED) is 0.0183. The fourth-order valence-corrected chi connectivity index (χ4v) is 18.5. The third-order valence-electron chi connectivity index (χ3n) is 28.1. The molecule has 4 unspecified atom stereocenters. The van der Waals surface area contributed by atoms with Crippen molar-refractivity contribution in [2.75, 3.05) is 39.5 Å². The minimum absolute atomic E-state index is 0.00781. The van der Waals surface area contributed by atoms with E-state index in [4.69, 9.17) is 45.7 Å². The molecule has 11 N–H and O–H groups in total. The number of rotatable bonds is 85. The van der Waals surface area contributed by atoms with Crippen molar-refractivity contribution in [3.63, 3.8) is 0 Å². The van der Waals surface area contributed by atoms with Gasteiger partial charge in [0.1, 0.15) is 43.2 Å². The van der Waals surface area contributed by atoms with Crippen molar-refractivity contribution in [1.82, 2.24) is 21.3 Å². The molecule has 2 aliphatic heterocycles. The molecular formula is C121H210N4O20. The average molecular weight is 2040 g/mol. The third kappa shape index (κ3) is 68.1. The predicted molar refractivity (Wildman–Crippen MR) is 588 cm³/mol. The summed E-state index contributed by atoms with van der Waals surface area (Å²) < 4.78 is 62.5. The molecule has 2 saturated heterocycles. The van der Waals surface area contributed by atoms with Gasteiger partial charge in [-0.1, -0.05) is 474 Å². The molecule has 2 aliphatic rings. The lowest BCUT2D eigenvalue weighted by atomic mass is 9.79. The molecule has 2 heterocycles. The molecule has 0 bridgehead atoms. The molecule has 0 radical (unpaired) electrons. The average Bonchev–Trinajstić information content (AvgIpc) is 0.794. The van der Waals surface area contributed by atoms with Crippen molar-refractivity contribution >= 4 is 29.8 Å². The number of aliphatic carboxylic acids is 1. The topological polar surface area (TPSA) is 349 Å². The molecule has 4 aromatic carbocycles. The highest BCUT2D eigenvalue weighted by molar-refractivity contribution is 5.77. The van der Waals surface area contributed by atoms with Crippen LogP contribution in [0.15, 0.2) is 121 Å². The number of ether oxygens (including phenoxy) is 8. The smallest absolute Gasteiger partial charge is 0.407 e. The van der Waals surface area contributed by atoms with Gasteiger partial charge < -0.3 is 94.9 Å². The van der Waals surface area contributed by atoms with Crippen LogP contribution in [-0.2, 0) is 83.5 Å². The second kappa shape index (κ2) is 92.4. The van der Waals surface area contributed by atoms with Gasteiger partial charge >= 0.3 is 12.1 Å². The number of alkyl carbamates (subject to hydrolysis) is 1. The molecule has 24 nitrogen and oxygen atoms in total. The van der Waals surface area contributed by atoms with Gasteiger partial charge in [0.15, 0.2) is 12.6 Å². The first-order chi connectivity index (χ1) is 71.6. The summed E-state index contributed by atoms with van der Waals surface area (Å²) in [7, 11) is 1.25. The number of carboxylic acids is 1. The van der Waals surface area contributed by atoms with Gasteiger partial charge in [-0.25, -0.2) is 4.79 Å². The lowest BCUT2D eigenvalue weighted by Crippen LogP contribution is -2.60. The number of carbonyl (C=O) groups excluding carboxylic acids is 4. The van der Waals surface area contributed by atoms with Gasteiger partial charge in [-0.15, -0.1) is 0 Å². The number of benzene rings is 4. The van der Waals surface area contributed by atoms with E-state index in [1.54, 1.807) is 6.92 Å². The lowest BCUT2D eigenvalue weighted by molar-refractivity contribution is -0.303. The Labute approximate surface area is 882 Å². The first-order valence-corrected chi connectivity index (χ1v) is 57.4. The Morgan fingerprint density at radius 1 is 0.393 bits per heavy atom. The van der Waals surface area contributed by atoms with Crippen LogP contribution >= 0.6 is 0 Å². The minimum atomic E-state index is -1.62. The highest BCUT2D eigenvalue weighted by Gasteiger charge is 2.46. The Balaban J connectivity index is 0.000000920. The number of carboxylic acid groups (broad SMARTS) is 1. The number of hydrogen-bond acceptors (Lipinski definition) is 19. The lowest BCUT2D eigenvalue weighted by Gasteiger charge is -2.44. The minimum Gasteiger partial charge on any atom is -0.481 e. The summed E-state index contributed by atoms with van der Waals surface area (Å²) in [5.74, 6) is -0.0660. The third-order valence-corrected chi connectivity index (χ3v) is 28.1. The number of amides is 4. The van der Waals surface area contributed by atoms with E-state index in [1.165, 1.54) is 155 Å². The Kier molecular flexibility index (Phi) is 83.4. The number of aliphatic hydroxyl groups excluding tert-OH is 6. The first kappa shape index (κ1) is 131. The molecule has 6 rings (SSSR count). The Bertz CT molecular complexity index is 3630. The molecule has 4 amide bonds. The van der Waals surface area contributed by atoms with E-state index in [0.717, 1.165) is 202 Å². The second-order valence-electron chi connectivity index (χ2n) is 40.6. The standard InChI is InChI=1S/C68H102N2O8.C43H84N2O10.C7H14O2.C2H6.CH4/c1-5-6-7-8-9-10-11-12-14-17-20-35-46-63(74-50-59-40-29-24-30-41-59)66(75-51-60-42-31-25-32-43-60)62(53-76-67-57(4)55(2)56(3)64(78-67)54-73-49-58-38-27-23-28-39-58)70-65(71)47-36-21-18-15-13-16-19-22-37-48-69-68(72)77-52-61-44-33-26-34-45-61;1-3-5-7-9-10-11-12-13-15-18-21-24-28-35(47)39(50)34(33-54-43-42(53)41(52)40(51)36(32-46)55-43)45-38(49)30-26-22-19-16-14-17-20-23-27-31-44-37(48)29-25-8-6-4-2;1-2-3-4-5-6-7(8)9;1-2;/h23-34,38-45,55-57,62-64,66-67H,5-22,35-37,46-54H2,1-4H3,(H,69,72)(H,70,71);34-36,39-43,46-47,50-53H,3-33H2,1-2H3,(H,44,48)(H,45,49);2-6H2,1H3,(H,8,9);1-2H3;1H4/t55-,56+,57?,62-,63+,64?,66-,67-;34-,35+,36?,39-,40-,41-,42?,43-;;;/m00.../s1/i;;;1T;1D. The van der Waals surface area contributed by atoms with Crippen molar-refractivity contribution in [2.45, 2.75) is 535 Å². The van der Waals surface area contributed by atoms with E-state index in [0.29, 0.717) is 77.9 Å². The number of unbranched alkanes of at least 4 members (excludes halogenated alkanes) is 44. The molecular weight excluding hydrogens is 1830 g/mol. The van der Waals surface area contributed by atoms with Gasteiger partial charge in [0.05, 0.1) is 76.6 Å². The van der Waals surface area contributed by atoms with Crippen LogP contribution in [0.5, 0.6) is 0 Å². The zero-order chi connectivity index (χ0) is 107. The van der Waals surface area contributed by atoms with Gasteiger partial charge in [0, 0.05) is 47.4 Å². The van der Waals surface area contributed by atoms with E-state index in [-0.39, 0.29) is 74.1 Å². The summed E-state index contributed by atoms with van der Waals surface area (Å²) >= 11 is 0. The summed E-state index contributed by atoms with van der Waals surface area (Å²) in [6.45, 7) is 20.6. The van der Waals surface area contributed by atoms with Crippen LogP contribution in [-0.4, -0.2) is 185 Å². The van der Waals surface area contributed by atoms with E-state index in [9.17, 15) is 54.6 Å². The largest absolute Gasteiger partial charge is 0.481 e. The Hall–Kier alpha value is -6.49. The number of hydrogen-bond donors (Lipinski definition) is 11. The molecule has 0 aromatic heterocycles. The zero-order valence-electron chi connectivity index (χ0n) is 94.1. The Morgan fingerprint density at radius 2 is 0.738 bits per heavy atom. The SMILES string of the molecule is CCCCCCC(=O)O.CCCCCCCCCCCCCC[C@@H](O)[C@@H](O)[C@H](CO[C@H]1OC(CO)[C@H](O)[C@H](O)C1O)NC(=O)CCCCCCCCCCCNC(=O)CCCCCC.CCCCCCCCCCCCCC[C@@H](OCc1ccccc1)[C@@H](OCc1ccccc1)[C@H](CO[C@H]1OC(COCc2ccccc2)[C@H](C)[C@H](C)C1C)NC(=O)CCCCCCCCCCCNC(=O)OCc1ccccc1.[2H]C.[3H]CC. The summed E-state index contributed by atoms with van der Waals surface area (Å²) in [6.07, 6.45) is 48.3. The van der Waals surface area contributed by atoms with Crippen molar-refractivity contribution in [3.8, 4) is 0 Å². The maximum Gasteiger partial charge on any atom is 0.407 e. The van der Waals surface area contributed by atoms with E-state index < -0.39 is 80.0 Å². The van der Waals surface area contributed by atoms with E-state index in [1.807, 2.05) is 72.8 Å².